The number of methoxy groups -OCH3 is 1. The predicted octanol–water partition coefficient (Wildman–Crippen LogP) is 4.65. The lowest BCUT2D eigenvalue weighted by Gasteiger charge is -2.29. The Bertz CT molecular complexity index is 696. The first kappa shape index (κ1) is 16.3. The van der Waals surface area contributed by atoms with Crippen LogP contribution in [0.5, 0.6) is 5.75 Å². The van der Waals surface area contributed by atoms with E-state index in [1.807, 2.05) is 18.2 Å². The van der Waals surface area contributed by atoms with E-state index in [2.05, 4.69) is 28.7 Å². The molecule has 0 bridgehead atoms. The Hall–Kier alpha value is -1.57. The molecular formula is C17H18INO4. The van der Waals surface area contributed by atoms with Crippen LogP contribution in [0.3, 0.4) is 0 Å². The lowest BCUT2D eigenvalue weighted by Crippen LogP contribution is -2.21. The molecule has 1 unspecified atom stereocenters. The molecule has 2 aliphatic rings. The summed E-state index contributed by atoms with van der Waals surface area (Å²) in [6.45, 7) is -0.249. The Morgan fingerprint density at radius 1 is 1.43 bits per heavy atom. The van der Waals surface area contributed by atoms with Crippen LogP contribution in [0, 0.1) is 10.1 Å². The molecule has 3 rings (SSSR count). The zero-order chi connectivity index (χ0) is 16.4. The van der Waals surface area contributed by atoms with Crippen molar-refractivity contribution in [2.75, 3.05) is 13.7 Å². The van der Waals surface area contributed by atoms with E-state index in [1.165, 1.54) is 12.0 Å². The highest BCUT2D eigenvalue weighted by molar-refractivity contribution is 14.1. The molecule has 0 fully saturated rings. The van der Waals surface area contributed by atoms with Gasteiger partial charge in [0.05, 0.1) is 10.7 Å². The molecule has 0 amide bonds. The maximum Gasteiger partial charge on any atom is 0.244 e. The summed E-state index contributed by atoms with van der Waals surface area (Å²) in [6, 6.07) is 5.70. The molecule has 6 heteroatoms. The number of fused-ring (bicyclic) bond motifs is 1. The lowest BCUT2D eigenvalue weighted by atomic mass is 9.93. The van der Waals surface area contributed by atoms with Gasteiger partial charge in [0.2, 0.25) is 6.54 Å². The van der Waals surface area contributed by atoms with Crippen LogP contribution < -0.4 is 4.74 Å². The molecule has 1 aliphatic heterocycles. The molecule has 122 valence electrons. The van der Waals surface area contributed by atoms with Crippen molar-refractivity contribution in [3.63, 3.8) is 0 Å². The SMILES string of the molecule is COc1ccc2c(c1)C(C[N+](=O)[O-])OC(C1=CCCCC1)=C2I. The molecule has 0 aromatic heterocycles. The van der Waals surface area contributed by atoms with Gasteiger partial charge in [-0.2, -0.15) is 0 Å². The van der Waals surface area contributed by atoms with E-state index in [-0.39, 0.29) is 11.5 Å². The Kier molecular flexibility index (Phi) is 4.89. The van der Waals surface area contributed by atoms with Gasteiger partial charge in [0.15, 0.2) is 6.10 Å². The number of rotatable bonds is 4. The third kappa shape index (κ3) is 3.36. The first-order valence-corrected chi connectivity index (χ1v) is 8.74. The summed E-state index contributed by atoms with van der Waals surface area (Å²) in [5.41, 5.74) is 3.01. The quantitative estimate of drug-likeness (QED) is 0.399. The Labute approximate surface area is 148 Å². The molecule has 1 heterocycles. The number of hydrogen-bond acceptors (Lipinski definition) is 4. The van der Waals surface area contributed by atoms with Crippen molar-refractivity contribution in [2.24, 2.45) is 0 Å². The fourth-order valence-corrected chi connectivity index (χ4v) is 4.01. The number of nitro groups is 1. The van der Waals surface area contributed by atoms with Gasteiger partial charge in [0, 0.05) is 10.5 Å². The van der Waals surface area contributed by atoms with Crippen LogP contribution in [0.15, 0.2) is 35.6 Å². The van der Waals surface area contributed by atoms with E-state index in [4.69, 9.17) is 9.47 Å². The summed E-state index contributed by atoms with van der Waals surface area (Å²) < 4.78 is 12.4. The summed E-state index contributed by atoms with van der Waals surface area (Å²) in [5, 5.41) is 11.1. The zero-order valence-electron chi connectivity index (χ0n) is 12.9. The minimum Gasteiger partial charge on any atom is -0.497 e. The predicted molar refractivity (Wildman–Crippen MR) is 96.2 cm³/mol. The van der Waals surface area contributed by atoms with Crippen molar-refractivity contribution < 1.29 is 14.4 Å². The third-order valence-electron chi connectivity index (χ3n) is 4.20. The molecule has 5 nitrogen and oxygen atoms in total. The topological polar surface area (TPSA) is 61.6 Å². The van der Waals surface area contributed by atoms with Gasteiger partial charge in [-0.3, -0.25) is 10.1 Å². The Balaban J connectivity index is 2.07. The summed E-state index contributed by atoms with van der Waals surface area (Å²) in [4.78, 5) is 10.7. The van der Waals surface area contributed by atoms with Gasteiger partial charge in [-0.15, -0.1) is 0 Å². The molecule has 23 heavy (non-hydrogen) atoms. The monoisotopic (exact) mass is 427 g/mol. The van der Waals surface area contributed by atoms with E-state index in [0.29, 0.717) is 5.75 Å². The number of hydrogen-bond donors (Lipinski definition) is 0. The number of ether oxygens (including phenoxy) is 2. The molecule has 1 aromatic carbocycles. The third-order valence-corrected chi connectivity index (χ3v) is 5.27. The van der Waals surface area contributed by atoms with Crippen molar-refractivity contribution in [3.8, 4) is 5.75 Å². The van der Waals surface area contributed by atoms with Crippen LogP contribution >= 0.6 is 22.6 Å². The molecule has 0 saturated carbocycles. The molecule has 0 saturated heterocycles. The van der Waals surface area contributed by atoms with Gasteiger partial charge in [-0.1, -0.05) is 6.08 Å². The number of allylic oxidation sites excluding steroid dienone is 2. The van der Waals surface area contributed by atoms with Gasteiger partial charge in [-0.25, -0.2) is 0 Å². The average Bonchev–Trinajstić information content (AvgIpc) is 2.57. The van der Waals surface area contributed by atoms with E-state index in [1.54, 1.807) is 7.11 Å². The standard InChI is InChI=1S/C17H18INO4/c1-22-12-7-8-13-14(9-12)15(10-19(20)21)23-17(16(13)18)11-5-3-2-4-6-11/h5,7-9,15H,2-4,6,10H2,1H3. The number of nitrogens with zero attached hydrogens (tertiary/aromatic N) is 1. The first-order chi connectivity index (χ1) is 11.1. The smallest absolute Gasteiger partial charge is 0.244 e. The van der Waals surface area contributed by atoms with E-state index >= 15 is 0 Å². The normalized spacial score (nSPS) is 20.4. The van der Waals surface area contributed by atoms with Gasteiger partial charge in [0.25, 0.3) is 0 Å². The minimum absolute atomic E-state index is 0.249. The van der Waals surface area contributed by atoms with Crippen molar-refractivity contribution in [1.82, 2.24) is 0 Å². The molecule has 0 spiro atoms. The van der Waals surface area contributed by atoms with E-state index in [9.17, 15) is 10.1 Å². The molecule has 1 aromatic rings. The largest absolute Gasteiger partial charge is 0.497 e. The lowest BCUT2D eigenvalue weighted by molar-refractivity contribution is -0.491. The summed E-state index contributed by atoms with van der Waals surface area (Å²) >= 11 is 2.28. The summed E-state index contributed by atoms with van der Waals surface area (Å²) in [7, 11) is 1.59. The zero-order valence-corrected chi connectivity index (χ0v) is 15.0. The highest BCUT2D eigenvalue weighted by Crippen LogP contribution is 2.45. The first-order valence-electron chi connectivity index (χ1n) is 7.66. The minimum atomic E-state index is -0.577. The van der Waals surface area contributed by atoms with Crippen LogP contribution in [0.2, 0.25) is 0 Å². The van der Waals surface area contributed by atoms with Crippen molar-refractivity contribution in [1.29, 1.82) is 0 Å². The Morgan fingerprint density at radius 2 is 2.26 bits per heavy atom. The second-order valence-corrected chi connectivity index (χ2v) is 6.77. The Morgan fingerprint density at radius 3 is 2.91 bits per heavy atom. The highest BCUT2D eigenvalue weighted by Gasteiger charge is 2.32. The number of halogens is 1. The highest BCUT2D eigenvalue weighted by atomic mass is 127. The molecular weight excluding hydrogens is 409 g/mol. The molecule has 1 aliphatic carbocycles. The number of benzene rings is 1. The molecule has 1 atom stereocenters. The van der Waals surface area contributed by atoms with Gasteiger partial charge in [-0.05, 0) is 77.6 Å². The maximum absolute atomic E-state index is 11.1. The van der Waals surface area contributed by atoms with Gasteiger partial charge >= 0.3 is 0 Å². The van der Waals surface area contributed by atoms with Crippen LogP contribution in [-0.2, 0) is 4.74 Å². The van der Waals surface area contributed by atoms with Crippen LogP contribution in [0.25, 0.3) is 3.58 Å². The van der Waals surface area contributed by atoms with Crippen molar-refractivity contribution in [3.05, 3.63) is 56.8 Å². The summed E-state index contributed by atoms with van der Waals surface area (Å²) in [6.07, 6.45) is 5.97. The second-order valence-electron chi connectivity index (χ2n) is 5.69. The summed E-state index contributed by atoms with van der Waals surface area (Å²) in [5.74, 6) is 1.50. The van der Waals surface area contributed by atoms with E-state index < -0.39 is 6.10 Å². The van der Waals surface area contributed by atoms with Gasteiger partial charge in [0.1, 0.15) is 11.5 Å². The maximum atomic E-state index is 11.1. The fourth-order valence-electron chi connectivity index (χ4n) is 3.05. The van der Waals surface area contributed by atoms with Crippen LogP contribution in [0.1, 0.15) is 42.9 Å². The van der Waals surface area contributed by atoms with Gasteiger partial charge < -0.3 is 9.47 Å². The van der Waals surface area contributed by atoms with Crippen LogP contribution in [0.4, 0.5) is 0 Å². The van der Waals surface area contributed by atoms with E-state index in [0.717, 1.165) is 39.7 Å². The second kappa shape index (κ2) is 6.90. The molecule has 0 N–H and O–H groups in total. The fraction of sp³-hybridized carbons (Fsp3) is 0.412. The molecule has 0 radical (unpaired) electrons. The van der Waals surface area contributed by atoms with Crippen molar-refractivity contribution >= 4 is 26.2 Å². The van der Waals surface area contributed by atoms with Crippen molar-refractivity contribution in [2.45, 2.75) is 31.8 Å². The average molecular weight is 427 g/mol. The van der Waals surface area contributed by atoms with Crippen LogP contribution in [-0.4, -0.2) is 18.6 Å².